The van der Waals surface area contributed by atoms with Gasteiger partial charge in [-0.2, -0.15) is 0 Å². The molecule has 2 aliphatic rings. The van der Waals surface area contributed by atoms with Gasteiger partial charge in [-0.3, -0.25) is 0 Å². The molecule has 0 bridgehead atoms. The summed E-state index contributed by atoms with van der Waals surface area (Å²) in [7, 11) is 0. The largest absolute Gasteiger partial charge is 0.0622 e. The SMILES string of the molecule is c1ccc(-c2ccc(C(c3ccc4ccccc4c3)c3cccc4c3-c3cc5ccccc5c(-c5cccc6c5Cc5ccccc5-6)c3C4)cc2)cc1. The summed E-state index contributed by atoms with van der Waals surface area (Å²) in [6.07, 6.45) is 1.90. The molecule has 9 aromatic rings. The zero-order valence-corrected chi connectivity index (χ0v) is 29.4. The van der Waals surface area contributed by atoms with Gasteiger partial charge in [0.2, 0.25) is 0 Å². The van der Waals surface area contributed by atoms with Crippen LogP contribution in [0.3, 0.4) is 0 Å². The first-order valence-corrected chi connectivity index (χ1v) is 18.8. The monoisotopic (exact) mass is 672 g/mol. The van der Waals surface area contributed by atoms with E-state index in [1.54, 1.807) is 0 Å². The number of benzene rings is 9. The summed E-state index contributed by atoms with van der Waals surface area (Å²) in [5.74, 6) is 0.0655. The van der Waals surface area contributed by atoms with E-state index in [9.17, 15) is 0 Å². The van der Waals surface area contributed by atoms with E-state index in [0.717, 1.165) is 12.8 Å². The summed E-state index contributed by atoms with van der Waals surface area (Å²) in [4.78, 5) is 0. The van der Waals surface area contributed by atoms with Gasteiger partial charge in [0.05, 0.1) is 0 Å². The molecular weight excluding hydrogens is 637 g/mol. The second-order valence-corrected chi connectivity index (χ2v) is 14.8. The Balaban J connectivity index is 1.14. The number of fused-ring (bicyclic) bond motifs is 8. The van der Waals surface area contributed by atoms with Gasteiger partial charge in [0.25, 0.3) is 0 Å². The summed E-state index contributed by atoms with van der Waals surface area (Å²) in [5, 5.41) is 5.18. The summed E-state index contributed by atoms with van der Waals surface area (Å²) in [6, 6.07) is 70.3. The molecule has 0 aliphatic heterocycles. The topological polar surface area (TPSA) is 0 Å². The molecule has 0 spiro atoms. The zero-order valence-electron chi connectivity index (χ0n) is 29.4. The number of hydrogen-bond donors (Lipinski definition) is 0. The van der Waals surface area contributed by atoms with Gasteiger partial charge in [0.15, 0.2) is 0 Å². The molecule has 0 radical (unpaired) electrons. The van der Waals surface area contributed by atoms with Crippen LogP contribution in [0.2, 0.25) is 0 Å². The molecule has 0 aromatic heterocycles. The minimum absolute atomic E-state index is 0.0655. The van der Waals surface area contributed by atoms with Crippen molar-refractivity contribution in [2.45, 2.75) is 18.8 Å². The van der Waals surface area contributed by atoms with Crippen LogP contribution in [0.15, 0.2) is 188 Å². The first-order chi connectivity index (χ1) is 26.3. The number of rotatable bonds is 5. The van der Waals surface area contributed by atoms with Crippen LogP contribution in [-0.2, 0) is 12.8 Å². The Hall–Kier alpha value is -6.50. The van der Waals surface area contributed by atoms with Crippen molar-refractivity contribution in [1.82, 2.24) is 0 Å². The molecule has 0 fully saturated rings. The van der Waals surface area contributed by atoms with Crippen LogP contribution >= 0.6 is 0 Å². The van der Waals surface area contributed by atoms with E-state index in [0.29, 0.717) is 0 Å². The molecule has 0 saturated carbocycles. The number of hydrogen-bond acceptors (Lipinski definition) is 0. The van der Waals surface area contributed by atoms with Crippen molar-refractivity contribution in [2.75, 3.05) is 0 Å². The van der Waals surface area contributed by atoms with Crippen LogP contribution in [-0.4, -0.2) is 0 Å². The lowest BCUT2D eigenvalue weighted by Gasteiger charge is -2.24. The fourth-order valence-corrected chi connectivity index (χ4v) is 9.46. The maximum absolute atomic E-state index is 2.48. The van der Waals surface area contributed by atoms with Crippen LogP contribution in [0.25, 0.3) is 66.1 Å². The third-order valence-corrected chi connectivity index (χ3v) is 11.9. The normalized spacial score (nSPS) is 13.1. The first-order valence-electron chi connectivity index (χ1n) is 18.8. The van der Waals surface area contributed by atoms with E-state index in [1.165, 1.54) is 105 Å². The van der Waals surface area contributed by atoms with Crippen molar-refractivity contribution in [2.24, 2.45) is 0 Å². The molecule has 11 rings (SSSR count). The minimum Gasteiger partial charge on any atom is -0.0622 e. The minimum atomic E-state index is 0.0655. The van der Waals surface area contributed by atoms with Gasteiger partial charge < -0.3 is 0 Å². The van der Waals surface area contributed by atoms with Crippen LogP contribution in [0.5, 0.6) is 0 Å². The molecular formula is C53H36. The Morgan fingerprint density at radius 1 is 0.340 bits per heavy atom. The smallest absolute Gasteiger partial charge is 0.0346 e. The van der Waals surface area contributed by atoms with E-state index < -0.39 is 0 Å². The molecule has 0 amide bonds. The molecule has 0 heteroatoms. The van der Waals surface area contributed by atoms with Gasteiger partial charge in [-0.05, 0) is 124 Å². The quantitative estimate of drug-likeness (QED) is 0.160. The predicted molar refractivity (Wildman–Crippen MR) is 223 cm³/mol. The highest BCUT2D eigenvalue weighted by molar-refractivity contribution is 6.06. The van der Waals surface area contributed by atoms with Crippen molar-refractivity contribution in [1.29, 1.82) is 0 Å². The van der Waals surface area contributed by atoms with Gasteiger partial charge in [-0.1, -0.05) is 182 Å². The summed E-state index contributed by atoms with van der Waals surface area (Å²) in [6.45, 7) is 0. The highest BCUT2D eigenvalue weighted by Gasteiger charge is 2.31. The zero-order chi connectivity index (χ0) is 34.9. The summed E-state index contributed by atoms with van der Waals surface area (Å²) < 4.78 is 0. The average molecular weight is 673 g/mol. The molecule has 0 N–H and O–H groups in total. The first kappa shape index (κ1) is 30.2. The Kier molecular flexibility index (Phi) is 6.85. The Bertz CT molecular complexity index is 2870. The van der Waals surface area contributed by atoms with Crippen molar-refractivity contribution < 1.29 is 0 Å². The molecule has 1 atom stereocenters. The van der Waals surface area contributed by atoms with Gasteiger partial charge in [-0.25, -0.2) is 0 Å². The van der Waals surface area contributed by atoms with E-state index in [-0.39, 0.29) is 5.92 Å². The third-order valence-electron chi connectivity index (χ3n) is 11.9. The second-order valence-electron chi connectivity index (χ2n) is 14.8. The molecule has 0 nitrogen and oxygen atoms in total. The van der Waals surface area contributed by atoms with Crippen LogP contribution in [0, 0.1) is 0 Å². The van der Waals surface area contributed by atoms with Crippen LogP contribution in [0.4, 0.5) is 0 Å². The molecule has 53 heavy (non-hydrogen) atoms. The van der Waals surface area contributed by atoms with E-state index in [1.807, 2.05) is 0 Å². The van der Waals surface area contributed by atoms with Crippen molar-refractivity contribution in [3.63, 3.8) is 0 Å². The van der Waals surface area contributed by atoms with Gasteiger partial charge in [-0.15, -0.1) is 0 Å². The van der Waals surface area contributed by atoms with Crippen LogP contribution < -0.4 is 0 Å². The maximum Gasteiger partial charge on any atom is 0.0346 e. The second kappa shape index (κ2) is 12.0. The highest BCUT2D eigenvalue weighted by atomic mass is 14.3. The highest BCUT2D eigenvalue weighted by Crippen LogP contribution is 2.52. The molecule has 0 saturated heterocycles. The van der Waals surface area contributed by atoms with Gasteiger partial charge in [0.1, 0.15) is 0 Å². The Labute approximate surface area is 310 Å². The summed E-state index contributed by atoms with van der Waals surface area (Å²) >= 11 is 0. The lowest BCUT2D eigenvalue weighted by molar-refractivity contribution is 0.981. The predicted octanol–water partition coefficient (Wildman–Crippen LogP) is 13.6. The van der Waals surface area contributed by atoms with E-state index in [4.69, 9.17) is 0 Å². The van der Waals surface area contributed by atoms with Crippen molar-refractivity contribution in [3.8, 4) is 44.5 Å². The van der Waals surface area contributed by atoms with Crippen LogP contribution in [0.1, 0.15) is 44.9 Å². The lowest BCUT2D eigenvalue weighted by Crippen LogP contribution is -2.06. The van der Waals surface area contributed by atoms with E-state index >= 15 is 0 Å². The Morgan fingerprint density at radius 3 is 1.87 bits per heavy atom. The molecule has 0 heterocycles. The Morgan fingerprint density at radius 2 is 0.981 bits per heavy atom. The molecule has 2 aliphatic carbocycles. The van der Waals surface area contributed by atoms with Crippen molar-refractivity contribution in [3.05, 3.63) is 227 Å². The fourth-order valence-electron chi connectivity index (χ4n) is 9.46. The summed E-state index contributed by atoms with van der Waals surface area (Å²) in [5.41, 5.74) is 20.5. The average Bonchev–Trinajstić information content (AvgIpc) is 3.80. The maximum atomic E-state index is 2.48. The molecule has 1 unspecified atom stereocenters. The lowest BCUT2D eigenvalue weighted by atomic mass is 9.80. The third kappa shape index (κ3) is 4.83. The van der Waals surface area contributed by atoms with Crippen molar-refractivity contribution >= 4 is 21.5 Å². The van der Waals surface area contributed by atoms with E-state index in [2.05, 4.69) is 188 Å². The fraction of sp³-hybridized carbons (Fsp3) is 0.0566. The molecule has 248 valence electrons. The van der Waals surface area contributed by atoms with Gasteiger partial charge >= 0.3 is 0 Å². The van der Waals surface area contributed by atoms with Gasteiger partial charge in [0, 0.05) is 5.92 Å². The standard InChI is InChI=1S/C53H36/c1-2-12-34(13-3-1)36-24-27-37(28-25-36)51(42-29-26-35-14-4-5-15-38(35)30-42)47-23-10-18-41-33-50-49(52(41)47)32-40-17-7-9-20-44(40)53(50)46-22-11-21-45-43-19-8-6-16-39(43)31-48(45)46/h1-30,32,51H,31,33H2. The molecule has 9 aromatic carbocycles.